The van der Waals surface area contributed by atoms with Gasteiger partial charge in [0, 0.05) is 0 Å². The van der Waals surface area contributed by atoms with Crippen LogP contribution >= 0.6 is 0 Å². The fourth-order valence-electron chi connectivity index (χ4n) is 2.20. The molecule has 0 aromatic carbocycles. The molecule has 0 heterocycles. The first-order valence-corrected chi connectivity index (χ1v) is 12.1. The molecule has 140 valence electrons. The van der Waals surface area contributed by atoms with E-state index in [2.05, 4.69) is 67.3 Å². The summed E-state index contributed by atoms with van der Waals surface area (Å²) in [5.41, 5.74) is 3.80. The molecule has 0 saturated heterocycles. The third-order valence-electron chi connectivity index (χ3n) is 5.06. The number of rotatable bonds is 10. The van der Waals surface area contributed by atoms with E-state index in [0.29, 0.717) is 0 Å². The highest BCUT2D eigenvalue weighted by Crippen LogP contribution is 2.38. The van der Waals surface area contributed by atoms with Gasteiger partial charge in [0.05, 0.1) is 12.7 Å². The number of aliphatic hydroxyl groups is 1. The summed E-state index contributed by atoms with van der Waals surface area (Å²) in [5.74, 6) is 0. The minimum atomic E-state index is -1.76. The Morgan fingerprint density at radius 2 is 1.62 bits per heavy atom. The third kappa shape index (κ3) is 9.00. The average Bonchev–Trinajstić information content (AvgIpc) is 2.42. The quantitative estimate of drug-likeness (QED) is 0.364. The second-order valence-electron chi connectivity index (χ2n) is 8.57. The van der Waals surface area contributed by atoms with Gasteiger partial charge in [0.15, 0.2) is 8.32 Å². The Kier molecular flexibility index (Phi) is 10.1. The van der Waals surface area contributed by atoms with Crippen LogP contribution in [0.1, 0.15) is 67.2 Å². The second-order valence-corrected chi connectivity index (χ2v) is 13.3. The lowest BCUT2D eigenvalue weighted by Gasteiger charge is -2.39. The van der Waals surface area contributed by atoms with Crippen molar-refractivity contribution < 1.29 is 9.53 Å². The third-order valence-corrected chi connectivity index (χ3v) is 9.55. The first-order valence-electron chi connectivity index (χ1n) is 9.16. The molecule has 0 aliphatic rings. The van der Waals surface area contributed by atoms with Gasteiger partial charge < -0.3 is 9.53 Å². The topological polar surface area (TPSA) is 29.5 Å². The highest BCUT2D eigenvalue weighted by Gasteiger charge is 2.39. The monoisotopic (exact) mass is 352 g/mol. The van der Waals surface area contributed by atoms with Gasteiger partial charge in [-0.05, 0) is 64.6 Å². The molecule has 0 aliphatic carbocycles. The zero-order valence-corrected chi connectivity index (χ0v) is 18.3. The summed E-state index contributed by atoms with van der Waals surface area (Å²) >= 11 is 0. The normalized spacial score (nSPS) is 15.5. The molecule has 0 aliphatic heterocycles. The van der Waals surface area contributed by atoms with Crippen LogP contribution in [0.15, 0.2) is 35.5 Å². The SMILES string of the molecule is C=C(C)C(CC/C(C)=C/CC/C(C)=C\CO)O[Si](C)(C)C(C)(C)C. The Morgan fingerprint density at radius 3 is 2.08 bits per heavy atom. The van der Waals surface area contributed by atoms with Crippen molar-refractivity contribution in [3.8, 4) is 0 Å². The van der Waals surface area contributed by atoms with E-state index < -0.39 is 8.32 Å². The number of hydrogen-bond donors (Lipinski definition) is 1. The molecule has 3 heteroatoms. The van der Waals surface area contributed by atoms with Gasteiger partial charge in [0.2, 0.25) is 0 Å². The van der Waals surface area contributed by atoms with Crippen LogP contribution in [-0.2, 0) is 4.43 Å². The van der Waals surface area contributed by atoms with Crippen molar-refractivity contribution in [2.75, 3.05) is 6.61 Å². The maximum Gasteiger partial charge on any atom is 0.192 e. The van der Waals surface area contributed by atoms with E-state index in [9.17, 15) is 0 Å². The van der Waals surface area contributed by atoms with Crippen LogP contribution in [0.2, 0.25) is 18.1 Å². The van der Waals surface area contributed by atoms with Gasteiger partial charge in [0.25, 0.3) is 0 Å². The highest BCUT2D eigenvalue weighted by atomic mass is 28.4. The van der Waals surface area contributed by atoms with Crippen LogP contribution in [0.3, 0.4) is 0 Å². The van der Waals surface area contributed by atoms with E-state index in [0.717, 1.165) is 31.3 Å². The maximum absolute atomic E-state index is 8.88. The molecule has 0 amide bonds. The van der Waals surface area contributed by atoms with Gasteiger partial charge in [-0.15, -0.1) is 0 Å². The predicted molar refractivity (Wildman–Crippen MR) is 110 cm³/mol. The van der Waals surface area contributed by atoms with Crippen molar-refractivity contribution in [3.63, 3.8) is 0 Å². The van der Waals surface area contributed by atoms with Gasteiger partial charge >= 0.3 is 0 Å². The lowest BCUT2D eigenvalue weighted by molar-refractivity contribution is 0.204. The summed E-state index contributed by atoms with van der Waals surface area (Å²) in [7, 11) is -1.76. The van der Waals surface area contributed by atoms with Gasteiger partial charge in [-0.25, -0.2) is 0 Å². The fourth-order valence-corrected chi connectivity index (χ4v) is 3.59. The average molecular weight is 353 g/mol. The number of allylic oxidation sites excluding steroid dienone is 3. The first kappa shape index (κ1) is 23.4. The molecule has 1 N–H and O–H groups in total. The van der Waals surface area contributed by atoms with Crippen molar-refractivity contribution in [2.24, 2.45) is 0 Å². The van der Waals surface area contributed by atoms with Gasteiger partial charge in [-0.2, -0.15) is 0 Å². The largest absolute Gasteiger partial charge is 0.410 e. The summed E-state index contributed by atoms with van der Waals surface area (Å²) in [6.45, 7) is 22.1. The van der Waals surface area contributed by atoms with Crippen molar-refractivity contribution in [2.45, 2.75) is 91.5 Å². The van der Waals surface area contributed by atoms with E-state index in [1.165, 1.54) is 11.1 Å². The summed E-state index contributed by atoms with van der Waals surface area (Å²) in [6, 6.07) is 0. The molecule has 0 fully saturated rings. The van der Waals surface area contributed by atoms with Gasteiger partial charge in [-0.3, -0.25) is 0 Å². The molecule has 0 spiro atoms. The van der Waals surface area contributed by atoms with Crippen molar-refractivity contribution in [1.29, 1.82) is 0 Å². The Morgan fingerprint density at radius 1 is 1.08 bits per heavy atom. The fraction of sp³-hybridized carbons (Fsp3) is 0.714. The standard InChI is InChI=1S/C21H40O2Si/c1-17(2)20(23-24(8,9)21(5,6)7)14-13-18(3)11-10-12-19(4)15-16-22/h11,15,20,22H,1,10,12-14,16H2,2-9H3/b18-11+,19-15-. The Bertz CT molecular complexity index is 453. The Balaban J connectivity index is 4.60. The molecule has 0 saturated carbocycles. The molecule has 0 radical (unpaired) electrons. The lowest BCUT2D eigenvalue weighted by Crippen LogP contribution is -2.44. The number of hydrogen-bond acceptors (Lipinski definition) is 2. The van der Waals surface area contributed by atoms with Crippen LogP contribution in [-0.4, -0.2) is 26.1 Å². The molecule has 0 bridgehead atoms. The van der Waals surface area contributed by atoms with Crippen LogP contribution in [0, 0.1) is 0 Å². The molecule has 0 rings (SSSR count). The molecule has 2 nitrogen and oxygen atoms in total. The molecule has 1 atom stereocenters. The minimum absolute atomic E-state index is 0.139. The van der Waals surface area contributed by atoms with E-state index in [1.807, 2.05) is 6.08 Å². The summed E-state index contributed by atoms with van der Waals surface area (Å²) < 4.78 is 6.56. The Labute approximate surface area is 151 Å². The lowest BCUT2D eigenvalue weighted by atomic mass is 10.0. The summed E-state index contributed by atoms with van der Waals surface area (Å²) in [5, 5.41) is 9.11. The molecule has 24 heavy (non-hydrogen) atoms. The molecular weight excluding hydrogens is 312 g/mol. The van der Waals surface area contributed by atoms with Crippen LogP contribution in [0.25, 0.3) is 0 Å². The van der Waals surface area contributed by atoms with E-state index in [1.54, 1.807) is 0 Å². The van der Waals surface area contributed by atoms with Crippen molar-refractivity contribution in [1.82, 2.24) is 0 Å². The Hall–Kier alpha value is -0.643. The van der Waals surface area contributed by atoms with Crippen LogP contribution in [0.4, 0.5) is 0 Å². The van der Waals surface area contributed by atoms with Gasteiger partial charge in [0.1, 0.15) is 0 Å². The van der Waals surface area contributed by atoms with E-state index in [-0.39, 0.29) is 17.7 Å². The zero-order valence-electron chi connectivity index (χ0n) is 17.3. The first-order chi connectivity index (χ1) is 10.9. The highest BCUT2D eigenvalue weighted by molar-refractivity contribution is 6.74. The minimum Gasteiger partial charge on any atom is -0.410 e. The van der Waals surface area contributed by atoms with Crippen LogP contribution in [0.5, 0.6) is 0 Å². The maximum atomic E-state index is 8.88. The molecular formula is C21H40O2Si. The van der Waals surface area contributed by atoms with Crippen molar-refractivity contribution in [3.05, 3.63) is 35.5 Å². The summed E-state index contributed by atoms with van der Waals surface area (Å²) in [6.07, 6.45) is 8.47. The molecule has 0 aromatic heterocycles. The van der Waals surface area contributed by atoms with Crippen molar-refractivity contribution >= 4 is 8.32 Å². The van der Waals surface area contributed by atoms with Crippen LogP contribution < -0.4 is 0 Å². The smallest absolute Gasteiger partial charge is 0.192 e. The second kappa shape index (κ2) is 10.4. The zero-order chi connectivity index (χ0) is 19.0. The van der Waals surface area contributed by atoms with Gasteiger partial charge in [-0.1, -0.05) is 56.2 Å². The molecule has 0 aromatic rings. The van der Waals surface area contributed by atoms with E-state index in [4.69, 9.17) is 9.53 Å². The molecule has 1 unspecified atom stereocenters. The predicted octanol–water partition coefficient (Wildman–Crippen LogP) is 6.40. The summed E-state index contributed by atoms with van der Waals surface area (Å²) in [4.78, 5) is 0. The number of aliphatic hydroxyl groups excluding tert-OH is 1. The van der Waals surface area contributed by atoms with E-state index >= 15 is 0 Å².